The summed E-state index contributed by atoms with van der Waals surface area (Å²) in [6, 6.07) is 0. The van der Waals surface area contributed by atoms with Crippen LogP contribution in [0.5, 0.6) is 0 Å². The van der Waals surface area contributed by atoms with Gasteiger partial charge in [0.25, 0.3) is 6.57 Å². The van der Waals surface area contributed by atoms with Crippen LogP contribution in [0.25, 0.3) is 4.85 Å². The molecule has 2 N–H and O–H groups in total. The Morgan fingerprint density at radius 1 is 1.43 bits per heavy atom. The Labute approximate surface area is 85.1 Å². The highest BCUT2D eigenvalue weighted by Gasteiger charge is 2.54. The zero-order valence-electron chi connectivity index (χ0n) is 9.29. The van der Waals surface area contributed by atoms with E-state index in [9.17, 15) is 4.79 Å². The third-order valence-corrected chi connectivity index (χ3v) is 2.56. The Hall–Kier alpha value is -1.08. The molecule has 0 aromatic heterocycles. The van der Waals surface area contributed by atoms with Crippen LogP contribution in [0.4, 0.5) is 0 Å². The van der Waals surface area contributed by atoms with Gasteiger partial charge in [-0.1, -0.05) is 25.6 Å². The average Bonchev–Trinajstić information content (AvgIpc) is 2.10. The first-order valence-corrected chi connectivity index (χ1v) is 4.61. The van der Waals surface area contributed by atoms with Crippen molar-refractivity contribution in [3.05, 3.63) is 4.85 Å². The molecular weight excluding hydrogens is 180 g/mol. The van der Waals surface area contributed by atoms with Gasteiger partial charge in [-0.2, -0.15) is 0 Å². The Kier molecular flexibility index (Phi) is 4.08. The van der Waals surface area contributed by atoms with Gasteiger partial charge in [-0.15, -0.1) is 0 Å². The Morgan fingerprint density at radius 2 is 1.93 bits per heavy atom. The maximum absolute atomic E-state index is 11.7. The van der Waals surface area contributed by atoms with Crippen molar-refractivity contribution in [3.8, 4) is 6.57 Å². The van der Waals surface area contributed by atoms with Gasteiger partial charge in [0.05, 0.1) is 12.0 Å². The molecule has 0 aliphatic carbocycles. The fraction of sp³-hybridized carbons (Fsp3) is 0.800. The van der Waals surface area contributed by atoms with Gasteiger partial charge in [0.2, 0.25) is 0 Å². The lowest BCUT2D eigenvalue weighted by atomic mass is 9.75. The third-order valence-electron chi connectivity index (χ3n) is 2.56. The number of nitrogens with one attached hydrogen (secondary N) is 1. The van der Waals surface area contributed by atoms with Crippen molar-refractivity contribution in [3.63, 3.8) is 0 Å². The standard InChI is InChI=1S/C10H18N2O2/c1-9(2,3)10(4,11-5)8(14)12-6-7-13/h5,13H,6-7H2,1-4H3/p+1/t10-/m0/s1. The summed E-state index contributed by atoms with van der Waals surface area (Å²) < 4.78 is 0. The van der Waals surface area contributed by atoms with Crippen molar-refractivity contribution in [2.75, 3.05) is 13.2 Å². The number of aliphatic hydroxyl groups is 1. The number of aliphatic hydroxyl groups excluding tert-OH is 1. The quantitative estimate of drug-likeness (QED) is 0.708. The van der Waals surface area contributed by atoms with Gasteiger partial charge in [-0.3, -0.25) is 4.79 Å². The SMILES string of the molecule is C#[N+][C@@](C)(C(=O)NCCO)C(C)(C)C. The van der Waals surface area contributed by atoms with Crippen molar-refractivity contribution >= 4 is 5.91 Å². The first-order valence-electron chi connectivity index (χ1n) is 4.61. The molecule has 1 amide bonds. The van der Waals surface area contributed by atoms with Crippen LogP contribution < -0.4 is 5.32 Å². The van der Waals surface area contributed by atoms with E-state index in [1.54, 1.807) is 6.92 Å². The van der Waals surface area contributed by atoms with Crippen LogP contribution in [0.2, 0.25) is 0 Å². The highest BCUT2D eigenvalue weighted by atomic mass is 16.3. The normalized spacial score (nSPS) is 15.4. The largest absolute Gasteiger partial charge is 0.395 e. The molecule has 4 nitrogen and oxygen atoms in total. The van der Waals surface area contributed by atoms with Gasteiger partial charge in [0, 0.05) is 13.5 Å². The topological polar surface area (TPSA) is 53.7 Å². The molecule has 0 aromatic carbocycles. The van der Waals surface area contributed by atoms with Crippen molar-refractivity contribution in [1.82, 2.24) is 5.32 Å². The molecule has 0 aliphatic heterocycles. The molecule has 1 atom stereocenters. The van der Waals surface area contributed by atoms with Crippen LogP contribution in [0, 0.1) is 12.0 Å². The second-order valence-electron chi connectivity index (χ2n) is 4.43. The van der Waals surface area contributed by atoms with E-state index in [1.807, 2.05) is 20.8 Å². The summed E-state index contributed by atoms with van der Waals surface area (Å²) in [5.41, 5.74) is -1.33. The molecule has 0 aliphatic rings. The fourth-order valence-electron chi connectivity index (χ4n) is 0.934. The van der Waals surface area contributed by atoms with Crippen LogP contribution in [0.15, 0.2) is 0 Å². The molecule has 0 saturated heterocycles. The van der Waals surface area contributed by atoms with Gasteiger partial charge >= 0.3 is 11.4 Å². The third kappa shape index (κ3) is 2.46. The second kappa shape index (κ2) is 4.43. The second-order valence-corrected chi connectivity index (χ2v) is 4.43. The molecule has 0 unspecified atom stereocenters. The van der Waals surface area contributed by atoms with Crippen LogP contribution in [-0.4, -0.2) is 29.7 Å². The lowest BCUT2D eigenvalue weighted by Crippen LogP contribution is -2.51. The van der Waals surface area contributed by atoms with E-state index in [2.05, 4.69) is 10.2 Å². The number of carbonyl (C=O) groups excluding carboxylic acids is 1. The Morgan fingerprint density at radius 3 is 2.21 bits per heavy atom. The molecule has 0 rings (SSSR count). The molecule has 0 radical (unpaired) electrons. The van der Waals surface area contributed by atoms with E-state index < -0.39 is 5.54 Å². The minimum absolute atomic E-state index is 0.0868. The number of rotatable bonds is 3. The smallest absolute Gasteiger partial charge is 0.358 e. The number of hydrogen-bond donors (Lipinski definition) is 2. The van der Waals surface area contributed by atoms with E-state index in [4.69, 9.17) is 11.7 Å². The summed E-state index contributed by atoms with van der Waals surface area (Å²) in [5.74, 6) is -0.262. The van der Waals surface area contributed by atoms with Crippen LogP contribution >= 0.6 is 0 Å². The molecule has 4 heteroatoms. The van der Waals surface area contributed by atoms with Gasteiger partial charge in [-0.25, -0.2) is 0 Å². The predicted octanol–water partition coefficient (Wildman–Crippen LogP) is 0.862. The highest BCUT2D eigenvalue weighted by molar-refractivity contribution is 5.88. The van der Waals surface area contributed by atoms with Crippen LogP contribution in [0.1, 0.15) is 27.7 Å². The fourth-order valence-corrected chi connectivity index (χ4v) is 0.934. The predicted molar refractivity (Wildman–Crippen MR) is 56.3 cm³/mol. The molecule has 80 valence electrons. The first kappa shape index (κ1) is 12.9. The Balaban J connectivity index is 4.73. The van der Waals surface area contributed by atoms with E-state index in [-0.39, 0.29) is 24.5 Å². The highest BCUT2D eigenvalue weighted by Crippen LogP contribution is 2.33. The van der Waals surface area contributed by atoms with E-state index in [1.165, 1.54) is 0 Å². The molecule has 0 aromatic rings. The summed E-state index contributed by atoms with van der Waals surface area (Å²) in [6.45, 7) is 12.8. The Bertz CT molecular complexity index is 250. The van der Waals surface area contributed by atoms with Crippen LogP contribution in [-0.2, 0) is 4.79 Å². The van der Waals surface area contributed by atoms with Gasteiger partial charge in [0.15, 0.2) is 0 Å². The monoisotopic (exact) mass is 199 g/mol. The zero-order chi connectivity index (χ0) is 11.4. The first-order chi connectivity index (χ1) is 6.29. The minimum atomic E-state index is -0.970. The maximum atomic E-state index is 11.7. The zero-order valence-corrected chi connectivity index (χ0v) is 9.29. The van der Waals surface area contributed by atoms with Crippen molar-refractivity contribution in [2.24, 2.45) is 5.41 Å². The van der Waals surface area contributed by atoms with Gasteiger partial charge < -0.3 is 10.4 Å². The molecule has 14 heavy (non-hydrogen) atoms. The molecular formula is C10H19N2O2+. The maximum Gasteiger partial charge on any atom is 0.358 e. The summed E-state index contributed by atoms with van der Waals surface area (Å²) in [6.07, 6.45) is 0. The minimum Gasteiger partial charge on any atom is -0.395 e. The summed E-state index contributed by atoms with van der Waals surface area (Å²) in [7, 11) is 0. The molecule has 0 fully saturated rings. The number of amides is 1. The molecule has 0 saturated carbocycles. The summed E-state index contributed by atoms with van der Waals surface area (Å²) >= 11 is 0. The number of carbonyl (C=O) groups is 1. The van der Waals surface area contributed by atoms with E-state index in [0.29, 0.717) is 0 Å². The van der Waals surface area contributed by atoms with E-state index in [0.717, 1.165) is 0 Å². The molecule has 0 spiro atoms. The average molecular weight is 199 g/mol. The van der Waals surface area contributed by atoms with Crippen molar-refractivity contribution in [1.29, 1.82) is 0 Å². The van der Waals surface area contributed by atoms with Gasteiger partial charge in [0.1, 0.15) is 0 Å². The molecule has 0 heterocycles. The van der Waals surface area contributed by atoms with Crippen LogP contribution in [0.3, 0.4) is 0 Å². The number of nitrogens with zero attached hydrogens (tertiary/aromatic N) is 1. The molecule has 0 bridgehead atoms. The van der Waals surface area contributed by atoms with Crippen molar-refractivity contribution < 1.29 is 9.90 Å². The summed E-state index contributed by atoms with van der Waals surface area (Å²) in [4.78, 5) is 15.4. The lowest BCUT2D eigenvalue weighted by Gasteiger charge is -2.26. The van der Waals surface area contributed by atoms with Gasteiger partial charge in [-0.05, 0) is 0 Å². The summed E-state index contributed by atoms with van der Waals surface area (Å²) in [5, 5.41) is 11.1. The van der Waals surface area contributed by atoms with Crippen molar-refractivity contribution in [2.45, 2.75) is 33.2 Å². The lowest BCUT2D eigenvalue weighted by molar-refractivity contribution is -0.127. The number of hydrogen-bond acceptors (Lipinski definition) is 2. The van der Waals surface area contributed by atoms with E-state index >= 15 is 0 Å².